The number of hydrogen-bond donors (Lipinski definition) is 0. The lowest BCUT2D eigenvalue weighted by Crippen LogP contribution is -2.27. The van der Waals surface area contributed by atoms with Crippen LogP contribution in [-0.2, 0) is 14.3 Å². The largest absolute Gasteiger partial charge is 0.462 e. The summed E-state index contributed by atoms with van der Waals surface area (Å²) in [5.41, 5.74) is -1.02. The van der Waals surface area contributed by atoms with E-state index in [4.69, 9.17) is 9.47 Å². The van der Waals surface area contributed by atoms with Crippen molar-refractivity contribution < 1.29 is 38.5 Å². The molecule has 0 aliphatic heterocycles. The standard InChI is InChI=1S/C15H19F5O4S/c1-4-15(2,3)14(22)24-10-9-23-13(21)11-5-7-12(8-6-11)25(16,17,18,19)20/h5-8H,4,9-10H2,1-3H3. The summed E-state index contributed by atoms with van der Waals surface area (Å²) in [4.78, 5) is 21.2. The predicted molar refractivity (Wildman–Crippen MR) is 83.2 cm³/mol. The smallest absolute Gasteiger partial charge is 0.338 e. The highest BCUT2D eigenvalue weighted by molar-refractivity contribution is 8.45. The van der Waals surface area contributed by atoms with Gasteiger partial charge in [-0.15, -0.1) is 0 Å². The fraction of sp³-hybridized carbons (Fsp3) is 0.467. The summed E-state index contributed by atoms with van der Waals surface area (Å²) in [7, 11) is -9.77. The van der Waals surface area contributed by atoms with Gasteiger partial charge in [0.15, 0.2) is 0 Å². The fourth-order valence-corrected chi connectivity index (χ4v) is 2.19. The predicted octanol–water partition coefficient (Wildman–Crippen LogP) is 5.48. The summed E-state index contributed by atoms with van der Waals surface area (Å²) in [5, 5.41) is 0. The molecule has 1 aromatic carbocycles. The minimum absolute atomic E-state index is 0.127. The van der Waals surface area contributed by atoms with Crippen molar-refractivity contribution in [2.45, 2.75) is 32.1 Å². The van der Waals surface area contributed by atoms with Crippen LogP contribution in [0.25, 0.3) is 0 Å². The Morgan fingerprint density at radius 2 is 1.44 bits per heavy atom. The van der Waals surface area contributed by atoms with Gasteiger partial charge in [0.25, 0.3) is 0 Å². The lowest BCUT2D eigenvalue weighted by atomic mass is 9.91. The Bertz CT molecular complexity index is 653. The molecular formula is C15H19F5O4S. The number of carbonyl (C=O) groups is 2. The number of esters is 2. The average molecular weight is 390 g/mol. The van der Waals surface area contributed by atoms with E-state index >= 15 is 0 Å². The summed E-state index contributed by atoms with van der Waals surface area (Å²) in [5.74, 6) is -1.49. The third-order valence-electron chi connectivity index (χ3n) is 3.52. The quantitative estimate of drug-likeness (QED) is 0.351. The number of benzene rings is 1. The maximum atomic E-state index is 12.6. The molecule has 0 N–H and O–H groups in total. The summed E-state index contributed by atoms with van der Waals surface area (Å²) < 4.78 is 72.5. The molecule has 0 aliphatic rings. The molecule has 0 heterocycles. The topological polar surface area (TPSA) is 52.6 Å². The van der Waals surface area contributed by atoms with Gasteiger partial charge in [0.2, 0.25) is 0 Å². The zero-order valence-electron chi connectivity index (χ0n) is 13.9. The van der Waals surface area contributed by atoms with Crippen molar-refractivity contribution in [3.05, 3.63) is 29.8 Å². The van der Waals surface area contributed by atoms with Crippen molar-refractivity contribution in [2.24, 2.45) is 5.41 Å². The van der Waals surface area contributed by atoms with Gasteiger partial charge in [-0.2, -0.15) is 0 Å². The van der Waals surface area contributed by atoms with Crippen LogP contribution in [0, 0.1) is 5.41 Å². The summed E-state index contributed by atoms with van der Waals surface area (Å²) in [6, 6.07) is 1.45. The van der Waals surface area contributed by atoms with Crippen LogP contribution in [0.2, 0.25) is 0 Å². The molecule has 0 saturated carbocycles. The minimum Gasteiger partial charge on any atom is -0.462 e. The molecule has 0 atom stereocenters. The molecule has 10 heteroatoms. The second-order valence-electron chi connectivity index (χ2n) is 6.00. The highest BCUT2D eigenvalue weighted by atomic mass is 32.5. The Kier molecular flexibility index (Phi) is 5.22. The molecule has 0 aliphatic carbocycles. The lowest BCUT2D eigenvalue weighted by Gasteiger charge is -2.40. The van der Waals surface area contributed by atoms with E-state index in [1.54, 1.807) is 20.8 Å². The first kappa shape index (κ1) is 21.2. The van der Waals surface area contributed by atoms with Gasteiger partial charge in [-0.05, 0) is 44.5 Å². The zero-order chi connectivity index (χ0) is 19.6. The van der Waals surface area contributed by atoms with Crippen molar-refractivity contribution in [1.29, 1.82) is 0 Å². The van der Waals surface area contributed by atoms with E-state index < -0.39 is 32.5 Å². The van der Waals surface area contributed by atoms with Crippen molar-refractivity contribution >= 4 is 22.2 Å². The normalized spacial score (nSPS) is 15.0. The first-order valence-corrected chi connectivity index (χ1v) is 9.20. The number of hydrogen-bond acceptors (Lipinski definition) is 4. The Morgan fingerprint density at radius 3 is 1.88 bits per heavy atom. The molecule has 0 amide bonds. The van der Waals surface area contributed by atoms with Crippen molar-refractivity contribution in [3.8, 4) is 0 Å². The Labute approximate surface area is 142 Å². The first-order valence-electron chi connectivity index (χ1n) is 7.25. The van der Waals surface area contributed by atoms with Gasteiger partial charge in [0.05, 0.1) is 11.0 Å². The van der Waals surface area contributed by atoms with Crippen LogP contribution in [-0.4, -0.2) is 25.2 Å². The van der Waals surface area contributed by atoms with Crippen molar-refractivity contribution in [1.82, 2.24) is 0 Å². The van der Waals surface area contributed by atoms with Gasteiger partial charge in [-0.3, -0.25) is 4.79 Å². The van der Waals surface area contributed by atoms with Crippen molar-refractivity contribution in [2.75, 3.05) is 13.2 Å². The van der Waals surface area contributed by atoms with Crippen LogP contribution in [0.3, 0.4) is 0 Å². The Balaban J connectivity index is 2.59. The molecular weight excluding hydrogens is 371 g/mol. The highest BCUT2D eigenvalue weighted by Gasteiger charge is 2.65. The third-order valence-corrected chi connectivity index (χ3v) is 4.68. The molecule has 0 unspecified atom stereocenters. The van der Waals surface area contributed by atoms with Crippen LogP contribution in [0.1, 0.15) is 37.6 Å². The monoisotopic (exact) mass is 390 g/mol. The number of carbonyl (C=O) groups excluding carboxylic acids is 2. The molecule has 0 bridgehead atoms. The molecule has 0 saturated heterocycles. The lowest BCUT2D eigenvalue weighted by molar-refractivity contribution is -0.155. The van der Waals surface area contributed by atoms with Gasteiger partial charge in [-0.25, -0.2) is 4.79 Å². The van der Waals surface area contributed by atoms with Crippen molar-refractivity contribution in [3.63, 3.8) is 0 Å². The van der Waals surface area contributed by atoms with Crippen LogP contribution in [0.5, 0.6) is 0 Å². The molecule has 0 spiro atoms. The maximum absolute atomic E-state index is 12.6. The molecule has 1 rings (SSSR count). The van der Waals surface area contributed by atoms with E-state index in [2.05, 4.69) is 0 Å². The van der Waals surface area contributed by atoms with Crippen LogP contribution >= 0.6 is 10.2 Å². The van der Waals surface area contributed by atoms with Gasteiger partial charge in [-0.1, -0.05) is 26.4 Å². The maximum Gasteiger partial charge on any atom is 0.338 e. The van der Waals surface area contributed by atoms with E-state index in [-0.39, 0.29) is 30.9 Å². The molecule has 1 aromatic rings. The molecule has 25 heavy (non-hydrogen) atoms. The van der Waals surface area contributed by atoms with Gasteiger partial charge in [0.1, 0.15) is 18.1 Å². The summed E-state index contributed by atoms with van der Waals surface area (Å²) in [6.07, 6.45) is 0.546. The molecule has 0 fully saturated rings. The van der Waals surface area contributed by atoms with E-state index in [9.17, 15) is 29.0 Å². The van der Waals surface area contributed by atoms with Crippen LogP contribution in [0.4, 0.5) is 19.4 Å². The van der Waals surface area contributed by atoms with Gasteiger partial charge < -0.3 is 9.47 Å². The van der Waals surface area contributed by atoms with E-state index in [1.165, 1.54) is 0 Å². The minimum atomic E-state index is -9.77. The number of rotatable bonds is 7. The SMILES string of the molecule is CCC(C)(C)C(=O)OCCOC(=O)c1ccc(S(F)(F)(F)(F)F)cc1. The molecule has 144 valence electrons. The molecule has 0 aromatic heterocycles. The number of halogens is 5. The summed E-state index contributed by atoms with van der Waals surface area (Å²) in [6.45, 7) is 4.63. The third kappa shape index (κ3) is 6.18. The van der Waals surface area contributed by atoms with E-state index in [1.807, 2.05) is 0 Å². The number of ether oxygens (including phenoxy) is 2. The zero-order valence-corrected chi connectivity index (χ0v) is 14.7. The second-order valence-corrected chi connectivity index (χ2v) is 8.41. The fourth-order valence-electron chi connectivity index (χ4n) is 1.54. The highest BCUT2D eigenvalue weighted by Crippen LogP contribution is 3.02. The van der Waals surface area contributed by atoms with Gasteiger partial charge in [0, 0.05) is 0 Å². The second kappa shape index (κ2) is 6.15. The molecule has 4 nitrogen and oxygen atoms in total. The van der Waals surface area contributed by atoms with Gasteiger partial charge >= 0.3 is 22.2 Å². The molecule has 0 radical (unpaired) electrons. The van der Waals surface area contributed by atoms with E-state index in [0.29, 0.717) is 18.6 Å². The average Bonchev–Trinajstić information content (AvgIpc) is 2.49. The Hall–Kier alpha value is -1.84. The van der Waals surface area contributed by atoms with Crippen LogP contribution < -0.4 is 0 Å². The van der Waals surface area contributed by atoms with E-state index in [0.717, 1.165) is 0 Å². The summed E-state index contributed by atoms with van der Waals surface area (Å²) >= 11 is 0. The first-order chi connectivity index (χ1) is 11.1. The Morgan fingerprint density at radius 1 is 0.960 bits per heavy atom. The van der Waals surface area contributed by atoms with Crippen LogP contribution in [0.15, 0.2) is 29.2 Å².